The van der Waals surface area contributed by atoms with Crippen LogP contribution in [-0.2, 0) is 0 Å². The number of hydrogen-bond acceptors (Lipinski definition) is 4. The van der Waals surface area contributed by atoms with Gasteiger partial charge in [0.15, 0.2) is 0 Å². The number of nitrogens with two attached hydrogens (primary N) is 1. The summed E-state index contributed by atoms with van der Waals surface area (Å²) in [6, 6.07) is 8.10. The van der Waals surface area contributed by atoms with E-state index in [-0.39, 0.29) is 0 Å². The molecule has 5 heteroatoms. The van der Waals surface area contributed by atoms with E-state index >= 15 is 0 Å². The van der Waals surface area contributed by atoms with Gasteiger partial charge in [-0.2, -0.15) is 9.67 Å². The lowest BCUT2D eigenvalue weighted by Gasteiger charge is -2.10. The van der Waals surface area contributed by atoms with E-state index in [0.29, 0.717) is 5.95 Å². The summed E-state index contributed by atoms with van der Waals surface area (Å²) in [5, 5.41) is 4.51. The van der Waals surface area contributed by atoms with Crippen molar-refractivity contribution in [1.29, 1.82) is 0 Å². The summed E-state index contributed by atoms with van der Waals surface area (Å²) in [6.07, 6.45) is 2.41. The van der Waals surface area contributed by atoms with E-state index in [4.69, 9.17) is 5.73 Å². The molecule has 2 heterocycles. The first-order valence-corrected chi connectivity index (χ1v) is 6.28. The molecule has 5 nitrogen and oxygen atoms in total. The van der Waals surface area contributed by atoms with Gasteiger partial charge in [-0.15, -0.1) is 5.10 Å². The molecule has 0 unspecified atom stereocenters. The zero-order chi connectivity index (χ0) is 12.5. The normalized spacial score (nSPS) is 15.3. The first-order chi connectivity index (χ1) is 8.74. The van der Waals surface area contributed by atoms with E-state index < -0.39 is 0 Å². The maximum absolute atomic E-state index is 5.95. The zero-order valence-electron chi connectivity index (χ0n) is 10.5. The lowest BCUT2D eigenvalue weighted by Crippen LogP contribution is -2.19. The van der Waals surface area contributed by atoms with Gasteiger partial charge in [0.05, 0.1) is 5.69 Å². The Labute approximate surface area is 106 Å². The highest BCUT2D eigenvalue weighted by molar-refractivity contribution is 5.44. The van der Waals surface area contributed by atoms with Gasteiger partial charge in [0, 0.05) is 13.1 Å². The molecule has 3 rings (SSSR count). The minimum absolute atomic E-state index is 0.447. The van der Waals surface area contributed by atoms with Crippen LogP contribution in [-0.4, -0.2) is 27.9 Å². The Bertz CT molecular complexity index is 554. The van der Waals surface area contributed by atoms with Gasteiger partial charge in [0.2, 0.25) is 11.9 Å². The molecule has 1 fully saturated rings. The largest absolute Gasteiger partial charge is 0.368 e. The van der Waals surface area contributed by atoms with E-state index in [2.05, 4.69) is 34.0 Å². The number of rotatable bonds is 2. The first-order valence-electron chi connectivity index (χ1n) is 6.28. The second-order valence-electron chi connectivity index (χ2n) is 4.71. The minimum Gasteiger partial charge on any atom is -0.368 e. The third-order valence-electron chi connectivity index (χ3n) is 3.26. The molecule has 1 aromatic carbocycles. The van der Waals surface area contributed by atoms with Crippen LogP contribution in [0, 0.1) is 6.92 Å². The van der Waals surface area contributed by atoms with Crippen molar-refractivity contribution in [3.63, 3.8) is 0 Å². The molecule has 0 aliphatic carbocycles. The van der Waals surface area contributed by atoms with Crippen LogP contribution in [0.15, 0.2) is 24.3 Å². The van der Waals surface area contributed by atoms with Crippen molar-refractivity contribution in [3.05, 3.63) is 29.8 Å². The second-order valence-corrected chi connectivity index (χ2v) is 4.71. The van der Waals surface area contributed by atoms with Crippen molar-refractivity contribution in [3.8, 4) is 5.69 Å². The second kappa shape index (κ2) is 4.33. The Morgan fingerprint density at radius 2 is 2.00 bits per heavy atom. The molecular weight excluding hydrogens is 226 g/mol. The van der Waals surface area contributed by atoms with Crippen molar-refractivity contribution in [2.75, 3.05) is 23.7 Å². The third kappa shape index (κ3) is 1.92. The van der Waals surface area contributed by atoms with Crippen LogP contribution in [0.4, 0.5) is 11.9 Å². The molecular formula is C13H17N5. The van der Waals surface area contributed by atoms with Gasteiger partial charge in [-0.25, -0.2) is 0 Å². The molecule has 0 atom stereocenters. The van der Waals surface area contributed by atoms with Crippen molar-refractivity contribution >= 4 is 11.9 Å². The van der Waals surface area contributed by atoms with Crippen LogP contribution >= 0.6 is 0 Å². The summed E-state index contributed by atoms with van der Waals surface area (Å²) < 4.78 is 1.71. The van der Waals surface area contributed by atoms with Gasteiger partial charge >= 0.3 is 0 Å². The monoisotopic (exact) mass is 243 g/mol. The number of hydrogen-bond donors (Lipinski definition) is 1. The van der Waals surface area contributed by atoms with Gasteiger partial charge in [0.1, 0.15) is 0 Å². The maximum Gasteiger partial charge on any atom is 0.246 e. The van der Waals surface area contributed by atoms with Gasteiger partial charge in [-0.3, -0.25) is 0 Å². The van der Waals surface area contributed by atoms with Gasteiger partial charge < -0.3 is 10.6 Å². The van der Waals surface area contributed by atoms with Crippen LogP contribution < -0.4 is 10.6 Å². The van der Waals surface area contributed by atoms with Crippen molar-refractivity contribution in [2.45, 2.75) is 19.8 Å². The average molecular weight is 243 g/mol. The zero-order valence-corrected chi connectivity index (χ0v) is 10.5. The van der Waals surface area contributed by atoms with Crippen LogP contribution in [0.3, 0.4) is 0 Å². The maximum atomic E-state index is 5.95. The highest BCUT2D eigenvalue weighted by Gasteiger charge is 2.18. The summed E-state index contributed by atoms with van der Waals surface area (Å²) in [5.74, 6) is 1.19. The number of benzene rings is 1. The van der Waals surface area contributed by atoms with E-state index in [1.54, 1.807) is 4.68 Å². The highest BCUT2D eigenvalue weighted by Crippen LogP contribution is 2.20. The predicted octanol–water partition coefficient (Wildman–Crippen LogP) is 1.76. The topological polar surface area (TPSA) is 60.0 Å². The Morgan fingerprint density at radius 1 is 1.22 bits per heavy atom. The summed E-state index contributed by atoms with van der Waals surface area (Å²) in [4.78, 5) is 6.54. The Kier molecular flexibility index (Phi) is 2.66. The lowest BCUT2D eigenvalue weighted by molar-refractivity contribution is 0.847. The number of aryl methyl sites for hydroxylation is 1. The first kappa shape index (κ1) is 11.1. The van der Waals surface area contributed by atoms with E-state index in [1.165, 1.54) is 18.4 Å². The SMILES string of the molecule is Cc1cccc(-n2nc(N3CCCC3)nc2N)c1. The quantitative estimate of drug-likeness (QED) is 0.873. The van der Waals surface area contributed by atoms with Gasteiger partial charge in [0.25, 0.3) is 0 Å². The molecule has 2 N–H and O–H groups in total. The van der Waals surface area contributed by atoms with Crippen LogP contribution in [0.1, 0.15) is 18.4 Å². The molecule has 1 saturated heterocycles. The van der Waals surface area contributed by atoms with Crippen LogP contribution in [0.25, 0.3) is 5.69 Å². The van der Waals surface area contributed by atoms with Crippen LogP contribution in [0.5, 0.6) is 0 Å². The van der Waals surface area contributed by atoms with E-state index in [9.17, 15) is 0 Å². The third-order valence-corrected chi connectivity index (χ3v) is 3.26. The number of nitrogen functional groups attached to an aromatic ring is 1. The Morgan fingerprint density at radius 3 is 2.72 bits per heavy atom. The number of anilines is 2. The van der Waals surface area contributed by atoms with E-state index in [0.717, 1.165) is 24.7 Å². The predicted molar refractivity (Wildman–Crippen MR) is 72.0 cm³/mol. The van der Waals surface area contributed by atoms with Gasteiger partial charge in [-0.1, -0.05) is 12.1 Å². The highest BCUT2D eigenvalue weighted by atomic mass is 15.5. The molecule has 0 amide bonds. The number of nitrogens with zero attached hydrogens (tertiary/aromatic N) is 4. The van der Waals surface area contributed by atoms with Crippen molar-refractivity contribution in [2.24, 2.45) is 0 Å². The van der Waals surface area contributed by atoms with Crippen LogP contribution in [0.2, 0.25) is 0 Å². The smallest absolute Gasteiger partial charge is 0.246 e. The molecule has 1 aliphatic rings. The molecule has 0 saturated carbocycles. The van der Waals surface area contributed by atoms with Crippen molar-refractivity contribution in [1.82, 2.24) is 14.8 Å². The fraction of sp³-hybridized carbons (Fsp3) is 0.385. The van der Waals surface area contributed by atoms with E-state index in [1.807, 2.05) is 12.1 Å². The summed E-state index contributed by atoms with van der Waals surface area (Å²) in [5.41, 5.74) is 8.10. The molecule has 0 bridgehead atoms. The minimum atomic E-state index is 0.447. The van der Waals surface area contributed by atoms with Crippen molar-refractivity contribution < 1.29 is 0 Å². The molecule has 94 valence electrons. The fourth-order valence-electron chi connectivity index (χ4n) is 2.31. The summed E-state index contributed by atoms with van der Waals surface area (Å²) in [6.45, 7) is 4.10. The van der Waals surface area contributed by atoms with Gasteiger partial charge in [-0.05, 0) is 37.5 Å². The standard InChI is InChI=1S/C13H17N5/c1-10-5-4-6-11(9-10)18-12(14)15-13(16-18)17-7-2-3-8-17/h4-6,9H,2-3,7-8H2,1H3,(H2,14,15,16). The fourth-order valence-corrected chi connectivity index (χ4v) is 2.31. The molecule has 1 aromatic heterocycles. The Hall–Kier alpha value is -2.04. The Balaban J connectivity index is 1.97. The molecule has 18 heavy (non-hydrogen) atoms. The number of aromatic nitrogens is 3. The average Bonchev–Trinajstić information content (AvgIpc) is 2.97. The summed E-state index contributed by atoms with van der Waals surface area (Å²) in [7, 11) is 0. The lowest BCUT2D eigenvalue weighted by atomic mass is 10.2. The molecule has 0 spiro atoms. The molecule has 0 radical (unpaired) electrons. The molecule has 2 aromatic rings. The summed E-state index contributed by atoms with van der Waals surface area (Å²) >= 11 is 0. The molecule has 1 aliphatic heterocycles.